The summed E-state index contributed by atoms with van der Waals surface area (Å²) in [6, 6.07) is 15.1. The van der Waals surface area contributed by atoms with Crippen LogP contribution in [0.1, 0.15) is 34.8 Å². The van der Waals surface area contributed by atoms with E-state index < -0.39 is 5.97 Å². The highest BCUT2D eigenvalue weighted by atomic mass is 16.5. The van der Waals surface area contributed by atoms with Crippen molar-refractivity contribution in [2.75, 3.05) is 0 Å². The second-order valence-electron chi connectivity index (χ2n) is 5.35. The van der Waals surface area contributed by atoms with Gasteiger partial charge in [-0.1, -0.05) is 42.5 Å². The topological polar surface area (TPSA) is 46.5 Å². The zero-order valence-electron chi connectivity index (χ0n) is 12.5. The molecule has 112 valence electrons. The van der Waals surface area contributed by atoms with Crippen molar-refractivity contribution in [1.82, 2.24) is 0 Å². The molecule has 2 aromatic carbocycles. The molecular formula is C19H18O3. The number of carbonyl (C=O) groups is 1. The third-order valence-electron chi connectivity index (χ3n) is 4.04. The van der Waals surface area contributed by atoms with Gasteiger partial charge in [-0.2, -0.15) is 0 Å². The summed E-state index contributed by atoms with van der Waals surface area (Å²) in [6.07, 6.45) is 3.64. The molecule has 0 fully saturated rings. The number of benzene rings is 2. The molecule has 2 aromatic rings. The van der Waals surface area contributed by atoms with E-state index in [9.17, 15) is 9.90 Å². The van der Waals surface area contributed by atoms with E-state index >= 15 is 0 Å². The van der Waals surface area contributed by atoms with Crippen molar-refractivity contribution in [2.45, 2.75) is 25.9 Å². The number of allylic oxidation sites excluding steroid dienone is 1. The maximum Gasteiger partial charge on any atom is 0.336 e. The Bertz CT molecular complexity index is 731. The predicted octanol–water partition coefficient (Wildman–Crippen LogP) is 4.18. The standard InChI is InChI=1S/C19H18O3/c1-2-14(15-8-4-5-9-16(15)19(20)21)18-12-11-13-7-3-6-10-17(13)22-18/h2-10,18H,11-12H2,1H3,(H,20,21)/b14-2+. The van der Waals surface area contributed by atoms with E-state index in [0.717, 1.165) is 29.7 Å². The molecule has 0 aliphatic carbocycles. The van der Waals surface area contributed by atoms with Crippen LogP contribution in [-0.4, -0.2) is 17.2 Å². The van der Waals surface area contributed by atoms with Crippen molar-refractivity contribution >= 4 is 11.5 Å². The summed E-state index contributed by atoms with van der Waals surface area (Å²) >= 11 is 0. The molecule has 0 aromatic heterocycles. The Hall–Kier alpha value is -2.55. The van der Waals surface area contributed by atoms with E-state index in [1.165, 1.54) is 5.56 Å². The maximum atomic E-state index is 11.5. The van der Waals surface area contributed by atoms with Gasteiger partial charge in [0.05, 0.1) is 5.56 Å². The van der Waals surface area contributed by atoms with Gasteiger partial charge in [0.25, 0.3) is 0 Å². The zero-order valence-corrected chi connectivity index (χ0v) is 12.5. The fourth-order valence-corrected chi connectivity index (χ4v) is 2.98. The summed E-state index contributed by atoms with van der Waals surface area (Å²) in [6.45, 7) is 1.93. The number of aromatic carboxylic acids is 1. The van der Waals surface area contributed by atoms with Gasteiger partial charge in [0.1, 0.15) is 11.9 Å². The minimum Gasteiger partial charge on any atom is -0.485 e. The summed E-state index contributed by atoms with van der Waals surface area (Å²) in [5, 5.41) is 9.40. The Morgan fingerprint density at radius 3 is 2.55 bits per heavy atom. The molecule has 1 aliphatic rings. The van der Waals surface area contributed by atoms with Crippen LogP contribution in [-0.2, 0) is 6.42 Å². The summed E-state index contributed by atoms with van der Waals surface area (Å²) in [5.41, 5.74) is 3.20. The second kappa shape index (κ2) is 6.06. The minimum atomic E-state index is -0.911. The number of hydrogen-bond acceptors (Lipinski definition) is 2. The van der Waals surface area contributed by atoms with Crippen LogP contribution in [0.5, 0.6) is 5.75 Å². The molecule has 1 aliphatic heterocycles. The normalized spacial score (nSPS) is 17.5. The van der Waals surface area contributed by atoms with E-state index in [-0.39, 0.29) is 6.10 Å². The Morgan fingerprint density at radius 1 is 1.14 bits per heavy atom. The maximum absolute atomic E-state index is 11.5. The van der Waals surface area contributed by atoms with Crippen LogP contribution in [0.3, 0.4) is 0 Å². The van der Waals surface area contributed by atoms with Crippen molar-refractivity contribution in [3.8, 4) is 5.75 Å². The third-order valence-corrected chi connectivity index (χ3v) is 4.04. The number of hydrogen-bond donors (Lipinski definition) is 1. The van der Waals surface area contributed by atoms with Gasteiger partial charge in [-0.05, 0) is 48.6 Å². The highest BCUT2D eigenvalue weighted by Gasteiger charge is 2.25. The van der Waals surface area contributed by atoms with Gasteiger partial charge in [0, 0.05) is 0 Å². The summed E-state index contributed by atoms with van der Waals surface area (Å²) in [4.78, 5) is 11.5. The first-order valence-electron chi connectivity index (χ1n) is 7.44. The van der Waals surface area contributed by atoms with Gasteiger partial charge in [-0.15, -0.1) is 0 Å². The molecule has 0 spiro atoms. The van der Waals surface area contributed by atoms with Crippen LogP contribution in [0.25, 0.3) is 5.57 Å². The molecule has 0 amide bonds. The SMILES string of the molecule is C/C=C(\c1ccccc1C(=O)O)C1CCc2ccccc2O1. The molecule has 0 saturated heterocycles. The number of carboxylic acids is 1. The molecule has 0 bridgehead atoms. The van der Waals surface area contributed by atoms with E-state index in [1.807, 2.05) is 43.3 Å². The van der Waals surface area contributed by atoms with Crippen LogP contribution in [0.2, 0.25) is 0 Å². The fraction of sp³-hybridized carbons (Fsp3) is 0.211. The summed E-state index contributed by atoms with van der Waals surface area (Å²) < 4.78 is 6.11. The number of aryl methyl sites for hydroxylation is 1. The average molecular weight is 294 g/mol. The highest BCUT2D eigenvalue weighted by molar-refractivity contribution is 5.94. The van der Waals surface area contributed by atoms with E-state index in [4.69, 9.17) is 4.74 Å². The smallest absolute Gasteiger partial charge is 0.336 e. The lowest BCUT2D eigenvalue weighted by Crippen LogP contribution is -2.25. The number of rotatable bonds is 3. The van der Waals surface area contributed by atoms with Gasteiger partial charge in [-0.25, -0.2) is 4.79 Å². The predicted molar refractivity (Wildman–Crippen MR) is 86.2 cm³/mol. The molecular weight excluding hydrogens is 276 g/mol. The van der Waals surface area contributed by atoms with E-state index in [2.05, 4.69) is 6.07 Å². The second-order valence-corrected chi connectivity index (χ2v) is 5.35. The van der Waals surface area contributed by atoms with Crippen molar-refractivity contribution in [2.24, 2.45) is 0 Å². The fourth-order valence-electron chi connectivity index (χ4n) is 2.98. The largest absolute Gasteiger partial charge is 0.485 e. The molecule has 1 heterocycles. The Kier molecular flexibility index (Phi) is 3.96. The van der Waals surface area contributed by atoms with Crippen molar-refractivity contribution in [1.29, 1.82) is 0 Å². The lowest BCUT2D eigenvalue weighted by atomic mass is 9.90. The first-order chi connectivity index (χ1) is 10.7. The molecule has 3 heteroatoms. The quantitative estimate of drug-likeness (QED) is 0.923. The summed E-state index contributed by atoms with van der Waals surface area (Å²) in [5.74, 6) is -0.0166. The molecule has 22 heavy (non-hydrogen) atoms. The third kappa shape index (κ3) is 2.62. The molecule has 3 nitrogen and oxygen atoms in total. The van der Waals surface area contributed by atoms with E-state index in [0.29, 0.717) is 5.56 Å². The Morgan fingerprint density at radius 2 is 1.82 bits per heavy atom. The van der Waals surface area contributed by atoms with Crippen LogP contribution in [0, 0.1) is 0 Å². The Balaban J connectivity index is 1.96. The number of carboxylic acid groups (broad SMARTS) is 1. The molecule has 3 rings (SSSR count). The van der Waals surface area contributed by atoms with Gasteiger partial charge in [-0.3, -0.25) is 0 Å². The monoisotopic (exact) mass is 294 g/mol. The van der Waals surface area contributed by atoms with Crippen molar-refractivity contribution in [3.63, 3.8) is 0 Å². The average Bonchev–Trinajstić information content (AvgIpc) is 2.56. The lowest BCUT2D eigenvalue weighted by Gasteiger charge is -2.28. The molecule has 0 saturated carbocycles. The van der Waals surface area contributed by atoms with Crippen LogP contribution < -0.4 is 4.74 Å². The highest BCUT2D eigenvalue weighted by Crippen LogP contribution is 2.34. The zero-order chi connectivity index (χ0) is 15.5. The molecule has 1 atom stereocenters. The first-order valence-corrected chi connectivity index (χ1v) is 7.44. The van der Waals surface area contributed by atoms with Gasteiger partial charge < -0.3 is 9.84 Å². The molecule has 0 radical (unpaired) electrons. The van der Waals surface area contributed by atoms with Gasteiger partial charge >= 0.3 is 5.97 Å². The van der Waals surface area contributed by atoms with Crippen molar-refractivity contribution < 1.29 is 14.6 Å². The Labute approximate surface area is 129 Å². The minimum absolute atomic E-state index is 0.111. The first kappa shape index (κ1) is 14.4. The van der Waals surface area contributed by atoms with E-state index in [1.54, 1.807) is 12.1 Å². The van der Waals surface area contributed by atoms with Crippen LogP contribution in [0.4, 0.5) is 0 Å². The number of ether oxygens (including phenoxy) is 1. The lowest BCUT2D eigenvalue weighted by molar-refractivity contribution is 0.0696. The van der Waals surface area contributed by atoms with Gasteiger partial charge in [0.15, 0.2) is 0 Å². The van der Waals surface area contributed by atoms with Gasteiger partial charge in [0.2, 0.25) is 0 Å². The molecule has 1 unspecified atom stereocenters. The van der Waals surface area contributed by atoms with Crippen molar-refractivity contribution in [3.05, 3.63) is 71.3 Å². The number of fused-ring (bicyclic) bond motifs is 1. The van der Waals surface area contributed by atoms with Crippen LogP contribution >= 0.6 is 0 Å². The number of para-hydroxylation sites is 1. The summed E-state index contributed by atoms with van der Waals surface area (Å²) in [7, 11) is 0. The molecule has 1 N–H and O–H groups in total. The van der Waals surface area contributed by atoms with Crippen LogP contribution in [0.15, 0.2) is 54.6 Å².